The minimum Gasteiger partial charge on any atom is -0.465 e. The second-order valence-corrected chi connectivity index (χ2v) is 8.33. The third kappa shape index (κ3) is 4.66. The molecular formula is C14H15ClN2O6S2. The molecule has 8 nitrogen and oxygen atoms in total. The predicted octanol–water partition coefficient (Wildman–Crippen LogP) is 2.23. The molecule has 1 heterocycles. The van der Waals surface area contributed by atoms with Crippen LogP contribution in [0.5, 0.6) is 0 Å². The molecule has 2 atom stereocenters. The number of carbonyl (C=O) groups excluding carboxylic acids is 2. The summed E-state index contributed by atoms with van der Waals surface area (Å²) in [5.74, 6) is -0.453. The average molecular weight is 407 g/mol. The smallest absolute Gasteiger partial charge is 0.337 e. The second kappa shape index (κ2) is 7.65. The summed E-state index contributed by atoms with van der Waals surface area (Å²) in [6.45, 7) is 1.72. The first-order valence-corrected chi connectivity index (χ1v) is 9.67. The van der Waals surface area contributed by atoms with E-state index in [1.807, 2.05) is 0 Å². The van der Waals surface area contributed by atoms with Crippen LogP contribution in [-0.2, 0) is 14.9 Å². The van der Waals surface area contributed by atoms with E-state index in [1.165, 1.54) is 30.0 Å². The quantitative estimate of drug-likeness (QED) is 0.438. The number of benzene rings is 1. The Morgan fingerprint density at radius 3 is 2.52 bits per heavy atom. The molecule has 1 aromatic carbocycles. The summed E-state index contributed by atoms with van der Waals surface area (Å²) in [6, 6.07) is 5.87. The van der Waals surface area contributed by atoms with Gasteiger partial charge < -0.3 is 10.1 Å². The Balaban J connectivity index is 2.13. The van der Waals surface area contributed by atoms with Gasteiger partial charge in [-0.05, 0) is 31.2 Å². The molecule has 0 bridgehead atoms. The normalized spacial score (nSPS) is 19.0. The van der Waals surface area contributed by atoms with E-state index in [9.17, 15) is 18.0 Å². The topological polar surface area (TPSA) is 113 Å². The number of thioether (sulfide) groups is 1. The van der Waals surface area contributed by atoms with Crippen molar-refractivity contribution in [3.63, 3.8) is 0 Å². The maximum atomic E-state index is 12.1. The van der Waals surface area contributed by atoms with Gasteiger partial charge in [0.15, 0.2) is 5.37 Å². The molecule has 25 heavy (non-hydrogen) atoms. The number of nitrogens with zero attached hydrogens (tertiary/aromatic N) is 1. The lowest BCUT2D eigenvalue weighted by Gasteiger charge is -2.32. The predicted molar refractivity (Wildman–Crippen MR) is 92.7 cm³/mol. The Morgan fingerprint density at radius 2 is 2.00 bits per heavy atom. The molecule has 1 aromatic rings. The minimum absolute atomic E-state index is 0.226. The van der Waals surface area contributed by atoms with Crippen molar-refractivity contribution >= 4 is 45.5 Å². The van der Waals surface area contributed by atoms with Crippen molar-refractivity contribution in [1.29, 1.82) is 0 Å². The van der Waals surface area contributed by atoms with Crippen molar-refractivity contribution in [2.75, 3.05) is 7.11 Å². The van der Waals surface area contributed by atoms with Crippen LogP contribution in [0.4, 0.5) is 4.79 Å². The van der Waals surface area contributed by atoms with Gasteiger partial charge in [-0.25, -0.2) is 9.59 Å². The highest BCUT2D eigenvalue weighted by Gasteiger charge is 2.36. The fourth-order valence-corrected chi connectivity index (χ4v) is 4.09. The Bertz CT molecular complexity index is 809. The fourth-order valence-electron chi connectivity index (χ4n) is 2.04. The molecule has 2 amide bonds. The van der Waals surface area contributed by atoms with Crippen molar-refractivity contribution in [3.05, 3.63) is 41.1 Å². The lowest BCUT2D eigenvalue weighted by atomic mass is 10.2. The molecular weight excluding hydrogens is 392 g/mol. The molecule has 0 aromatic heterocycles. The van der Waals surface area contributed by atoms with Crippen molar-refractivity contribution in [2.24, 2.45) is 0 Å². The van der Waals surface area contributed by atoms with Crippen molar-refractivity contribution < 1.29 is 27.3 Å². The van der Waals surface area contributed by atoms with Gasteiger partial charge in [0.25, 0.3) is 10.1 Å². The largest absolute Gasteiger partial charge is 0.465 e. The number of rotatable bonds is 5. The van der Waals surface area contributed by atoms with E-state index in [2.05, 4.69) is 10.1 Å². The van der Waals surface area contributed by atoms with Crippen molar-refractivity contribution in [1.82, 2.24) is 10.2 Å². The number of urea groups is 1. The maximum Gasteiger partial charge on any atom is 0.337 e. The number of carbonyl (C=O) groups is 2. The average Bonchev–Trinajstić information content (AvgIpc) is 2.55. The van der Waals surface area contributed by atoms with Crippen LogP contribution in [0.1, 0.15) is 17.3 Å². The highest BCUT2D eigenvalue weighted by Crippen LogP contribution is 2.29. The number of halogens is 1. The third-order valence-corrected chi connectivity index (χ3v) is 5.80. The fraction of sp³-hybridized carbons (Fsp3) is 0.286. The van der Waals surface area contributed by atoms with Gasteiger partial charge in [-0.2, -0.15) is 8.42 Å². The van der Waals surface area contributed by atoms with E-state index in [4.69, 9.17) is 16.2 Å². The molecule has 136 valence electrons. The van der Waals surface area contributed by atoms with Gasteiger partial charge in [-0.15, -0.1) is 11.8 Å². The lowest BCUT2D eigenvalue weighted by Crippen LogP contribution is -2.52. The number of nitrogens with one attached hydrogen (secondary N) is 1. The van der Waals surface area contributed by atoms with Crippen LogP contribution in [-0.4, -0.2) is 47.7 Å². The Labute approximate surface area is 153 Å². The molecule has 0 aliphatic carbocycles. The number of esters is 1. The summed E-state index contributed by atoms with van der Waals surface area (Å²) in [5.41, 5.74) is 0.397. The highest BCUT2D eigenvalue weighted by atomic mass is 35.5. The van der Waals surface area contributed by atoms with E-state index in [1.54, 1.807) is 31.2 Å². The van der Waals surface area contributed by atoms with E-state index < -0.39 is 32.9 Å². The number of methoxy groups -OCH3 is 1. The summed E-state index contributed by atoms with van der Waals surface area (Å²) in [6.07, 6.45) is 1.17. The van der Waals surface area contributed by atoms with Gasteiger partial charge in [0.05, 0.1) is 23.1 Å². The molecule has 0 saturated carbocycles. The Kier molecular flexibility index (Phi) is 5.99. The van der Waals surface area contributed by atoms with Gasteiger partial charge >= 0.3 is 12.0 Å². The zero-order chi connectivity index (χ0) is 18.8. The summed E-state index contributed by atoms with van der Waals surface area (Å²) in [7, 11) is -3.25. The van der Waals surface area contributed by atoms with Crippen LogP contribution in [0, 0.1) is 0 Å². The summed E-state index contributed by atoms with van der Waals surface area (Å²) in [4.78, 5) is 25.5. The van der Waals surface area contributed by atoms with E-state index in [0.29, 0.717) is 5.56 Å². The molecule has 1 aliphatic rings. The first-order valence-electron chi connectivity index (χ1n) is 6.91. The van der Waals surface area contributed by atoms with Crippen LogP contribution in [0.25, 0.3) is 0 Å². The van der Waals surface area contributed by atoms with Crippen LogP contribution in [0.3, 0.4) is 0 Å². The van der Waals surface area contributed by atoms with Crippen LogP contribution >= 0.6 is 23.4 Å². The molecule has 0 radical (unpaired) electrons. The molecule has 2 unspecified atom stereocenters. The van der Waals surface area contributed by atoms with Gasteiger partial charge in [0.1, 0.15) is 0 Å². The van der Waals surface area contributed by atoms with Gasteiger partial charge in [0, 0.05) is 11.1 Å². The maximum absolute atomic E-state index is 12.1. The van der Waals surface area contributed by atoms with Gasteiger partial charge in [-0.1, -0.05) is 11.6 Å². The van der Waals surface area contributed by atoms with E-state index >= 15 is 0 Å². The first kappa shape index (κ1) is 19.6. The minimum atomic E-state index is -4.54. The number of amides is 2. The molecule has 0 fully saturated rings. The standard InChI is InChI=1S/C14H15ClN2O6S2/c1-8(24-10-5-3-9(4-6-10)13(18)23-2)17-7-11(15)12(16-14(17)19)25(20,21)22/h3-8,12H,1-2H3,(H,16,19)(H,20,21,22). The molecule has 2 rings (SSSR count). The third-order valence-electron chi connectivity index (χ3n) is 3.27. The van der Waals surface area contributed by atoms with Gasteiger partial charge in [-0.3, -0.25) is 9.45 Å². The summed E-state index contributed by atoms with van der Waals surface area (Å²) >= 11 is 7.14. The summed E-state index contributed by atoms with van der Waals surface area (Å²) in [5, 5.41) is -0.200. The zero-order valence-corrected chi connectivity index (χ0v) is 15.6. The van der Waals surface area contributed by atoms with Crippen LogP contribution in [0.2, 0.25) is 0 Å². The SMILES string of the molecule is COC(=O)c1ccc(SC(C)N2C=C(Cl)C(S(=O)(=O)O)NC2=O)cc1. The number of hydrogen-bond donors (Lipinski definition) is 2. The summed E-state index contributed by atoms with van der Waals surface area (Å²) < 4.78 is 36.0. The van der Waals surface area contributed by atoms with Crippen LogP contribution in [0.15, 0.2) is 40.4 Å². The Morgan fingerprint density at radius 1 is 1.40 bits per heavy atom. The lowest BCUT2D eigenvalue weighted by molar-refractivity contribution is 0.0600. The van der Waals surface area contributed by atoms with Crippen molar-refractivity contribution in [2.45, 2.75) is 22.6 Å². The monoisotopic (exact) mass is 406 g/mol. The molecule has 0 spiro atoms. The Hall–Kier alpha value is -1.75. The molecule has 1 aliphatic heterocycles. The van der Waals surface area contributed by atoms with Crippen molar-refractivity contribution in [3.8, 4) is 0 Å². The first-order chi connectivity index (χ1) is 11.6. The molecule has 0 saturated heterocycles. The molecule has 11 heteroatoms. The van der Waals surface area contributed by atoms with E-state index in [0.717, 1.165) is 4.90 Å². The number of ether oxygens (including phenoxy) is 1. The van der Waals surface area contributed by atoms with Gasteiger partial charge in [0.2, 0.25) is 0 Å². The molecule has 2 N–H and O–H groups in total. The number of hydrogen-bond acceptors (Lipinski definition) is 6. The van der Waals surface area contributed by atoms with Crippen LogP contribution < -0.4 is 5.32 Å². The highest BCUT2D eigenvalue weighted by molar-refractivity contribution is 7.99. The second-order valence-electron chi connectivity index (χ2n) is 5.00. The van der Waals surface area contributed by atoms with E-state index in [-0.39, 0.29) is 5.03 Å². The zero-order valence-electron chi connectivity index (χ0n) is 13.2.